The monoisotopic (exact) mass is 221 g/mol. The Kier molecular flexibility index (Phi) is 3.98. The molecule has 0 heterocycles. The highest BCUT2D eigenvalue weighted by Crippen LogP contribution is 2.31. The molecular weight excluding hydrogens is 198 g/mol. The molecule has 1 aromatic rings. The first kappa shape index (κ1) is 13.0. The van der Waals surface area contributed by atoms with Crippen molar-refractivity contribution in [3.63, 3.8) is 0 Å². The fourth-order valence-electron chi connectivity index (χ4n) is 1.53. The molecule has 1 rings (SSSR count). The largest absolute Gasteiger partial charge is 0.491 e. The van der Waals surface area contributed by atoms with E-state index in [1.165, 1.54) is 0 Å². The van der Waals surface area contributed by atoms with Gasteiger partial charge in [-0.05, 0) is 37.0 Å². The zero-order valence-electron chi connectivity index (χ0n) is 10.9. The molecule has 0 saturated heterocycles. The lowest BCUT2D eigenvalue weighted by Crippen LogP contribution is -2.26. The van der Waals surface area contributed by atoms with Crippen molar-refractivity contribution in [3.8, 4) is 5.75 Å². The summed E-state index contributed by atoms with van der Waals surface area (Å²) in [5.41, 5.74) is 7.42. The summed E-state index contributed by atoms with van der Waals surface area (Å²) in [6, 6.07) is 8.13. The lowest BCUT2D eigenvalue weighted by molar-refractivity contribution is 0.242. The van der Waals surface area contributed by atoms with E-state index >= 15 is 0 Å². The Morgan fingerprint density at radius 3 is 1.94 bits per heavy atom. The Hall–Kier alpha value is -1.02. The molecule has 90 valence electrons. The van der Waals surface area contributed by atoms with Crippen LogP contribution in [0.4, 0.5) is 0 Å². The number of rotatable bonds is 3. The molecule has 16 heavy (non-hydrogen) atoms. The molecule has 1 aromatic carbocycles. The lowest BCUT2D eigenvalue weighted by atomic mass is 9.83. The molecule has 0 aliphatic carbocycles. The molecule has 0 aliphatic heterocycles. The summed E-state index contributed by atoms with van der Waals surface area (Å²) < 4.78 is 5.59. The van der Waals surface area contributed by atoms with E-state index < -0.39 is 0 Å². The standard InChI is InChI=1S/C14H23NO/c1-10(2)16-12-8-6-11(7-9-12)13(15)14(3,4)5/h6-10,13H,15H2,1-5H3. The van der Waals surface area contributed by atoms with Gasteiger partial charge < -0.3 is 10.5 Å². The molecule has 2 heteroatoms. The SMILES string of the molecule is CC(C)Oc1ccc(C(N)C(C)(C)C)cc1. The van der Waals surface area contributed by atoms with Crippen molar-refractivity contribution in [3.05, 3.63) is 29.8 Å². The van der Waals surface area contributed by atoms with Crippen molar-refractivity contribution < 1.29 is 4.74 Å². The predicted octanol–water partition coefficient (Wildman–Crippen LogP) is 3.52. The minimum Gasteiger partial charge on any atom is -0.491 e. The van der Waals surface area contributed by atoms with Gasteiger partial charge in [0.25, 0.3) is 0 Å². The number of benzene rings is 1. The van der Waals surface area contributed by atoms with E-state index in [1.54, 1.807) is 0 Å². The number of ether oxygens (including phenoxy) is 1. The minimum atomic E-state index is 0.0561. The van der Waals surface area contributed by atoms with Crippen LogP contribution in [-0.4, -0.2) is 6.10 Å². The van der Waals surface area contributed by atoms with Crippen LogP contribution in [0.25, 0.3) is 0 Å². The van der Waals surface area contributed by atoms with Gasteiger partial charge in [0, 0.05) is 6.04 Å². The van der Waals surface area contributed by atoms with E-state index in [9.17, 15) is 0 Å². The van der Waals surface area contributed by atoms with E-state index in [4.69, 9.17) is 10.5 Å². The Morgan fingerprint density at radius 1 is 1.06 bits per heavy atom. The highest BCUT2D eigenvalue weighted by Gasteiger charge is 2.21. The van der Waals surface area contributed by atoms with Crippen LogP contribution in [0.5, 0.6) is 5.75 Å². The molecule has 0 amide bonds. The third kappa shape index (κ3) is 3.53. The summed E-state index contributed by atoms with van der Waals surface area (Å²) in [6.45, 7) is 10.5. The van der Waals surface area contributed by atoms with Gasteiger partial charge in [0.2, 0.25) is 0 Å². The van der Waals surface area contributed by atoms with Crippen molar-refractivity contribution in [2.75, 3.05) is 0 Å². The first-order chi connectivity index (χ1) is 7.30. The quantitative estimate of drug-likeness (QED) is 0.847. The maximum absolute atomic E-state index is 6.18. The lowest BCUT2D eigenvalue weighted by Gasteiger charge is -2.27. The third-order valence-electron chi connectivity index (χ3n) is 2.54. The zero-order valence-corrected chi connectivity index (χ0v) is 10.9. The van der Waals surface area contributed by atoms with Gasteiger partial charge >= 0.3 is 0 Å². The van der Waals surface area contributed by atoms with Crippen molar-refractivity contribution in [2.45, 2.75) is 46.8 Å². The Morgan fingerprint density at radius 2 is 1.56 bits per heavy atom. The molecule has 0 fully saturated rings. The zero-order chi connectivity index (χ0) is 12.3. The van der Waals surface area contributed by atoms with Crippen LogP contribution in [-0.2, 0) is 0 Å². The van der Waals surface area contributed by atoms with Gasteiger partial charge in [-0.3, -0.25) is 0 Å². The van der Waals surface area contributed by atoms with Gasteiger partial charge in [-0.25, -0.2) is 0 Å². The second-order valence-electron chi connectivity index (χ2n) is 5.58. The minimum absolute atomic E-state index is 0.0561. The molecule has 0 bridgehead atoms. The van der Waals surface area contributed by atoms with Gasteiger partial charge in [0.05, 0.1) is 6.10 Å². The summed E-state index contributed by atoms with van der Waals surface area (Å²) >= 11 is 0. The Labute approximate surface area is 98.8 Å². The van der Waals surface area contributed by atoms with E-state index in [0.717, 1.165) is 11.3 Å². The highest BCUT2D eigenvalue weighted by molar-refractivity contribution is 5.29. The van der Waals surface area contributed by atoms with Crippen LogP contribution in [0.2, 0.25) is 0 Å². The van der Waals surface area contributed by atoms with Crippen molar-refractivity contribution in [2.24, 2.45) is 11.1 Å². The van der Waals surface area contributed by atoms with E-state index in [2.05, 4.69) is 20.8 Å². The second-order valence-corrected chi connectivity index (χ2v) is 5.58. The van der Waals surface area contributed by atoms with E-state index in [0.29, 0.717) is 0 Å². The average molecular weight is 221 g/mol. The number of hydrogen-bond donors (Lipinski definition) is 1. The van der Waals surface area contributed by atoms with E-state index in [-0.39, 0.29) is 17.6 Å². The molecular formula is C14H23NO. The van der Waals surface area contributed by atoms with Crippen molar-refractivity contribution in [1.29, 1.82) is 0 Å². The Balaban J connectivity index is 2.79. The second kappa shape index (κ2) is 4.88. The molecule has 0 aromatic heterocycles. The normalized spacial score (nSPS) is 13.9. The van der Waals surface area contributed by atoms with Gasteiger partial charge in [-0.1, -0.05) is 32.9 Å². The van der Waals surface area contributed by atoms with Gasteiger partial charge in [0.1, 0.15) is 5.75 Å². The third-order valence-corrected chi connectivity index (χ3v) is 2.54. The molecule has 1 atom stereocenters. The fourth-order valence-corrected chi connectivity index (χ4v) is 1.53. The van der Waals surface area contributed by atoms with Gasteiger partial charge in [0.15, 0.2) is 0 Å². The van der Waals surface area contributed by atoms with Gasteiger partial charge in [-0.15, -0.1) is 0 Å². The molecule has 0 spiro atoms. The van der Waals surface area contributed by atoms with Crippen molar-refractivity contribution >= 4 is 0 Å². The van der Waals surface area contributed by atoms with Crippen LogP contribution in [0.1, 0.15) is 46.2 Å². The fraction of sp³-hybridized carbons (Fsp3) is 0.571. The molecule has 0 aliphatic rings. The first-order valence-electron chi connectivity index (χ1n) is 5.83. The number of nitrogens with two attached hydrogens (primary N) is 1. The molecule has 1 unspecified atom stereocenters. The van der Waals surface area contributed by atoms with Crippen LogP contribution in [0, 0.1) is 5.41 Å². The summed E-state index contributed by atoms with van der Waals surface area (Å²) in [5, 5.41) is 0. The Bertz CT molecular complexity index is 322. The highest BCUT2D eigenvalue weighted by atomic mass is 16.5. The molecule has 2 nitrogen and oxygen atoms in total. The summed E-state index contributed by atoms with van der Waals surface area (Å²) in [4.78, 5) is 0. The maximum atomic E-state index is 6.18. The summed E-state index contributed by atoms with van der Waals surface area (Å²) in [7, 11) is 0. The van der Waals surface area contributed by atoms with Crippen LogP contribution >= 0.6 is 0 Å². The van der Waals surface area contributed by atoms with E-state index in [1.807, 2.05) is 38.1 Å². The molecule has 2 N–H and O–H groups in total. The maximum Gasteiger partial charge on any atom is 0.119 e. The van der Waals surface area contributed by atoms with Crippen molar-refractivity contribution in [1.82, 2.24) is 0 Å². The van der Waals surface area contributed by atoms with Crippen LogP contribution in [0.3, 0.4) is 0 Å². The average Bonchev–Trinajstić information content (AvgIpc) is 2.15. The van der Waals surface area contributed by atoms with Crippen LogP contribution in [0.15, 0.2) is 24.3 Å². The first-order valence-corrected chi connectivity index (χ1v) is 5.83. The summed E-state index contributed by atoms with van der Waals surface area (Å²) in [6.07, 6.45) is 0.210. The summed E-state index contributed by atoms with van der Waals surface area (Å²) in [5.74, 6) is 0.903. The van der Waals surface area contributed by atoms with Gasteiger partial charge in [-0.2, -0.15) is 0 Å². The molecule has 0 saturated carbocycles. The smallest absolute Gasteiger partial charge is 0.119 e. The number of hydrogen-bond acceptors (Lipinski definition) is 2. The topological polar surface area (TPSA) is 35.2 Å². The van der Waals surface area contributed by atoms with Crippen LogP contribution < -0.4 is 10.5 Å². The predicted molar refractivity (Wildman–Crippen MR) is 68.6 cm³/mol. The molecule has 0 radical (unpaired) electrons.